The number of rotatable bonds is 7. The average Bonchev–Trinajstić information content (AvgIpc) is 3.04. The summed E-state index contributed by atoms with van der Waals surface area (Å²) in [5, 5.41) is 0.594. The Bertz CT molecular complexity index is 948. The molecule has 1 heterocycles. The molecule has 8 heteroatoms. The van der Waals surface area contributed by atoms with Crippen molar-refractivity contribution in [2.45, 2.75) is 11.8 Å². The van der Waals surface area contributed by atoms with Crippen molar-refractivity contribution in [2.24, 2.45) is 0 Å². The van der Waals surface area contributed by atoms with E-state index >= 15 is 0 Å². The second kappa shape index (κ2) is 10.2. The minimum Gasteiger partial charge on any atom is -0.308 e. The molecule has 0 saturated carbocycles. The standard InChI is InChI=1S/C20H22FN3OS2.ClH/c1-4-26-16-7-5-6-14(12-16)19(25)24(11-10-23(2)3)20-22-17-9-8-15(21)13-18(17)27-20;/h5-9,12-13H,4,10-11H2,1-3H3;1H. The van der Waals surface area contributed by atoms with Gasteiger partial charge in [-0.05, 0) is 56.2 Å². The molecule has 0 aliphatic rings. The van der Waals surface area contributed by atoms with Crippen molar-refractivity contribution in [3.8, 4) is 0 Å². The summed E-state index contributed by atoms with van der Waals surface area (Å²) in [5.74, 6) is 0.564. The fourth-order valence-corrected chi connectivity index (χ4v) is 4.36. The Morgan fingerprint density at radius 1 is 1.18 bits per heavy atom. The number of hydrogen-bond donors (Lipinski definition) is 0. The molecule has 0 aliphatic heterocycles. The number of fused-ring (bicyclic) bond motifs is 1. The van der Waals surface area contributed by atoms with E-state index in [4.69, 9.17) is 0 Å². The molecule has 4 nitrogen and oxygen atoms in total. The molecule has 0 radical (unpaired) electrons. The third-order valence-electron chi connectivity index (χ3n) is 3.98. The molecule has 3 aromatic rings. The second-order valence-corrected chi connectivity index (χ2v) is 8.68. The third-order valence-corrected chi connectivity index (χ3v) is 5.90. The van der Waals surface area contributed by atoms with Crippen LogP contribution in [0.15, 0.2) is 47.4 Å². The van der Waals surface area contributed by atoms with E-state index in [2.05, 4.69) is 11.9 Å². The number of hydrogen-bond acceptors (Lipinski definition) is 5. The van der Waals surface area contributed by atoms with Crippen molar-refractivity contribution >= 4 is 56.8 Å². The van der Waals surface area contributed by atoms with Crippen molar-refractivity contribution in [1.29, 1.82) is 0 Å². The predicted molar refractivity (Wildman–Crippen MR) is 120 cm³/mol. The molecule has 150 valence electrons. The molecular weight excluding hydrogens is 417 g/mol. The predicted octanol–water partition coefficient (Wildman–Crippen LogP) is 5.18. The lowest BCUT2D eigenvalue weighted by Gasteiger charge is -2.22. The Morgan fingerprint density at radius 3 is 2.68 bits per heavy atom. The summed E-state index contributed by atoms with van der Waals surface area (Å²) < 4.78 is 14.3. The maximum atomic E-state index is 13.5. The zero-order valence-corrected chi connectivity index (χ0v) is 18.5. The zero-order valence-electron chi connectivity index (χ0n) is 16.0. The minimum absolute atomic E-state index is 0. The number of likely N-dealkylation sites (N-methyl/N-ethyl adjacent to an activating group) is 1. The largest absolute Gasteiger partial charge is 0.308 e. The van der Waals surface area contributed by atoms with Gasteiger partial charge in [-0.15, -0.1) is 24.2 Å². The van der Waals surface area contributed by atoms with Crippen LogP contribution in [-0.2, 0) is 0 Å². The second-order valence-electron chi connectivity index (χ2n) is 6.33. The molecule has 2 aromatic carbocycles. The van der Waals surface area contributed by atoms with Gasteiger partial charge in [-0.1, -0.05) is 24.3 Å². The quantitative estimate of drug-likeness (QED) is 0.475. The van der Waals surface area contributed by atoms with Crippen LogP contribution < -0.4 is 4.90 Å². The van der Waals surface area contributed by atoms with Crippen molar-refractivity contribution in [1.82, 2.24) is 9.88 Å². The van der Waals surface area contributed by atoms with Gasteiger partial charge in [0.05, 0.1) is 10.2 Å². The van der Waals surface area contributed by atoms with Gasteiger partial charge in [-0.2, -0.15) is 0 Å². The van der Waals surface area contributed by atoms with Crippen LogP contribution in [0.3, 0.4) is 0 Å². The first-order valence-electron chi connectivity index (χ1n) is 8.73. The molecule has 3 rings (SSSR count). The number of carbonyl (C=O) groups excluding carboxylic acids is 1. The van der Waals surface area contributed by atoms with Crippen molar-refractivity contribution in [3.63, 3.8) is 0 Å². The van der Waals surface area contributed by atoms with Gasteiger partial charge in [-0.25, -0.2) is 9.37 Å². The summed E-state index contributed by atoms with van der Waals surface area (Å²) in [4.78, 5) is 22.6. The SMILES string of the molecule is CCSc1cccc(C(=O)N(CCN(C)C)c2nc3ccc(F)cc3s2)c1.Cl. The van der Waals surface area contributed by atoms with E-state index < -0.39 is 0 Å². The highest BCUT2D eigenvalue weighted by Gasteiger charge is 2.22. The number of nitrogens with zero attached hydrogens (tertiary/aromatic N) is 3. The number of thioether (sulfide) groups is 1. The van der Waals surface area contributed by atoms with Crippen LogP contribution in [0.2, 0.25) is 0 Å². The molecule has 0 N–H and O–H groups in total. The van der Waals surface area contributed by atoms with Crippen LogP contribution in [0.25, 0.3) is 10.2 Å². The van der Waals surface area contributed by atoms with Gasteiger partial charge >= 0.3 is 0 Å². The van der Waals surface area contributed by atoms with Gasteiger partial charge in [0, 0.05) is 23.5 Å². The molecule has 0 fully saturated rings. The Hall–Kier alpha value is -1.67. The van der Waals surface area contributed by atoms with Crippen LogP contribution in [0.4, 0.5) is 9.52 Å². The van der Waals surface area contributed by atoms with E-state index in [-0.39, 0.29) is 24.1 Å². The highest BCUT2D eigenvalue weighted by atomic mass is 35.5. The molecule has 0 unspecified atom stereocenters. The smallest absolute Gasteiger partial charge is 0.260 e. The number of aromatic nitrogens is 1. The Morgan fingerprint density at radius 2 is 1.96 bits per heavy atom. The number of benzene rings is 2. The Kier molecular flexibility index (Phi) is 8.24. The van der Waals surface area contributed by atoms with Gasteiger partial charge < -0.3 is 4.90 Å². The fourth-order valence-electron chi connectivity index (χ4n) is 2.63. The monoisotopic (exact) mass is 439 g/mol. The van der Waals surface area contributed by atoms with E-state index in [1.54, 1.807) is 22.7 Å². The topological polar surface area (TPSA) is 36.4 Å². The van der Waals surface area contributed by atoms with Crippen LogP contribution in [0.5, 0.6) is 0 Å². The van der Waals surface area contributed by atoms with Crippen LogP contribution in [0.1, 0.15) is 17.3 Å². The average molecular weight is 440 g/mol. The van der Waals surface area contributed by atoms with Gasteiger partial charge in [0.15, 0.2) is 5.13 Å². The maximum absolute atomic E-state index is 13.5. The summed E-state index contributed by atoms with van der Waals surface area (Å²) in [6, 6.07) is 12.2. The molecule has 0 saturated heterocycles. The molecule has 0 spiro atoms. The lowest BCUT2D eigenvalue weighted by Crippen LogP contribution is -2.36. The number of carbonyl (C=O) groups is 1. The van der Waals surface area contributed by atoms with E-state index in [9.17, 15) is 9.18 Å². The molecule has 0 atom stereocenters. The van der Waals surface area contributed by atoms with Gasteiger partial charge in [0.25, 0.3) is 5.91 Å². The summed E-state index contributed by atoms with van der Waals surface area (Å²) >= 11 is 3.04. The number of halogens is 2. The molecule has 1 aromatic heterocycles. The maximum Gasteiger partial charge on any atom is 0.260 e. The summed E-state index contributed by atoms with van der Waals surface area (Å²) in [6.45, 7) is 3.31. The van der Waals surface area contributed by atoms with Gasteiger partial charge in [0.2, 0.25) is 0 Å². The van der Waals surface area contributed by atoms with E-state index in [0.717, 1.165) is 15.3 Å². The fraction of sp³-hybridized carbons (Fsp3) is 0.300. The van der Waals surface area contributed by atoms with Crippen LogP contribution in [-0.4, -0.2) is 48.7 Å². The number of anilines is 1. The lowest BCUT2D eigenvalue weighted by atomic mass is 10.2. The summed E-state index contributed by atoms with van der Waals surface area (Å²) in [5.41, 5.74) is 1.34. The highest BCUT2D eigenvalue weighted by Crippen LogP contribution is 2.30. The molecule has 0 aliphatic carbocycles. The van der Waals surface area contributed by atoms with Crippen molar-refractivity contribution < 1.29 is 9.18 Å². The summed E-state index contributed by atoms with van der Waals surface area (Å²) in [7, 11) is 3.93. The van der Waals surface area contributed by atoms with Gasteiger partial charge in [0.1, 0.15) is 5.82 Å². The van der Waals surface area contributed by atoms with E-state index in [0.29, 0.717) is 29.3 Å². The zero-order chi connectivity index (χ0) is 19.4. The summed E-state index contributed by atoms with van der Waals surface area (Å²) in [6.07, 6.45) is 0. The minimum atomic E-state index is -0.298. The molecular formula is C20H23ClFN3OS2. The van der Waals surface area contributed by atoms with E-state index in [1.165, 1.54) is 23.5 Å². The first-order valence-corrected chi connectivity index (χ1v) is 10.5. The Labute approximate surface area is 179 Å². The molecule has 0 bridgehead atoms. The van der Waals surface area contributed by atoms with Crippen LogP contribution >= 0.6 is 35.5 Å². The third kappa shape index (κ3) is 5.44. The van der Waals surface area contributed by atoms with E-state index in [1.807, 2.05) is 43.3 Å². The van der Waals surface area contributed by atoms with Crippen molar-refractivity contribution in [2.75, 3.05) is 37.8 Å². The normalized spacial score (nSPS) is 10.9. The highest BCUT2D eigenvalue weighted by molar-refractivity contribution is 7.99. The first-order chi connectivity index (χ1) is 13.0. The lowest BCUT2D eigenvalue weighted by molar-refractivity contribution is 0.0985. The Balaban J connectivity index is 0.00000280. The van der Waals surface area contributed by atoms with Gasteiger partial charge in [-0.3, -0.25) is 9.69 Å². The van der Waals surface area contributed by atoms with Crippen molar-refractivity contribution in [3.05, 3.63) is 53.8 Å². The number of amides is 1. The van der Waals surface area contributed by atoms with Crippen LogP contribution in [0, 0.1) is 5.82 Å². The molecule has 28 heavy (non-hydrogen) atoms. The first kappa shape index (κ1) is 22.6. The number of thiazole rings is 1. The molecule has 1 amide bonds.